The first-order valence-electron chi connectivity index (χ1n) is 5.31. The molecular formula is C12H15BrN2S. The molecule has 2 aromatic rings. The summed E-state index contributed by atoms with van der Waals surface area (Å²) in [5, 5.41) is 1.18. The maximum Gasteiger partial charge on any atom is 0.108 e. The Balaban J connectivity index is 2.26. The molecule has 2 rings (SSSR count). The molecule has 1 heterocycles. The van der Waals surface area contributed by atoms with Crippen molar-refractivity contribution >= 4 is 37.5 Å². The highest BCUT2D eigenvalue weighted by Crippen LogP contribution is 2.25. The molecular weight excluding hydrogens is 284 g/mol. The number of hydrogen-bond donors (Lipinski definition) is 0. The summed E-state index contributed by atoms with van der Waals surface area (Å²) in [5.41, 5.74) is 1.09. The number of aromatic nitrogens is 1. The number of halogens is 1. The molecule has 0 radical (unpaired) electrons. The van der Waals surface area contributed by atoms with Gasteiger partial charge in [0.1, 0.15) is 5.01 Å². The zero-order valence-corrected chi connectivity index (χ0v) is 12.1. The van der Waals surface area contributed by atoms with Gasteiger partial charge in [-0.1, -0.05) is 15.9 Å². The third kappa shape index (κ3) is 2.62. The predicted octanol–water partition coefficient (Wildman–Crippen LogP) is 3.90. The Hall–Kier alpha value is -0.450. The SMILES string of the molecule is CC(C)N(C)Cc1nc2cc(Br)ccc2s1. The van der Waals surface area contributed by atoms with E-state index in [0.717, 1.165) is 16.5 Å². The third-order valence-corrected chi connectivity index (χ3v) is 4.17. The van der Waals surface area contributed by atoms with Crippen molar-refractivity contribution in [3.63, 3.8) is 0 Å². The van der Waals surface area contributed by atoms with Crippen molar-refractivity contribution in [1.82, 2.24) is 9.88 Å². The van der Waals surface area contributed by atoms with E-state index < -0.39 is 0 Å². The Labute approximate surface area is 108 Å². The Kier molecular flexibility index (Phi) is 3.62. The highest BCUT2D eigenvalue weighted by atomic mass is 79.9. The second kappa shape index (κ2) is 4.82. The molecule has 0 saturated heterocycles. The van der Waals surface area contributed by atoms with E-state index in [9.17, 15) is 0 Å². The van der Waals surface area contributed by atoms with Crippen molar-refractivity contribution in [3.8, 4) is 0 Å². The maximum absolute atomic E-state index is 4.64. The minimum Gasteiger partial charge on any atom is -0.297 e. The fourth-order valence-electron chi connectivity index (χ4n) is 1.41. The number of benzene rings is 1. The second-order valence-corrected chi connectivity index (χ2v) is 6.26. The highest BCUT2D eigenvalue weighted by molar-refractivity contribution is 9.10. The van der Waals surface area contributed by atoms with Crippen LogP contribution in [-0.2, 0) is 6.54 Å². The zero-order chi connectivity index (χ0) is 11.7. The summed E-state index contributed by atoms with van der Waals surface area (Å²) < 4.78 is 2.35. The minimum absolute atomic E-state index is 0.554. The molecule has 4 heteroatoms. The summed E-state index contributed by atoms with van der Waals surface area (Å²) in [6, 6.07) is 6.82. The van der Waals surface area contributed by atoms with Crippen molar-refractivity contribution in [2.45, 2.75) is 26.4 Å². The topological polar surface area (TPSA) is 16.1 Å². The van der Waals surface area contributed by atoms with Gasteiger partial charge in [0.15, 0.2) is 0 Å². The molecule has 16 heavy (non-hydrogen) atoms. The summed E-state index contributed by atoms with van der Waals surface area (Å²) in [6.07, 6.45) is 0. The molecule has 0 aliphatic heterocycles. The monoisotopic (exact) mass is 298 g/mol. The predicted molar refractivity (Wildman–Crippen MR) is 73.9 cm³/mol. The fraction of sp³-hybridized carbons (Fsp3) is 0.417. The maximum atomic E-state index is 4.64. The Morgan fingerprint density at radius 1 is 1.44 bits per heavy atom. The first kappa shape index (κ1) is 12.0. The summed E-state index contributed by atoms with van der Waals surface area (Å²) >= 11 is 5.25. The summed E-state index contributed by atoms with van der Waals surface area (Å²) in [5.74, 6) is 0. The number of hydrogen-bond acceptors (Lipinski definition) is 3. The lowest BCUT2D eigenvalue weighted by atomic mass is 10.3. The van der Waals surface area contributed by atoms with E-state index in [0.29, 0.717) is 6.04 Å². The Morgan fingerprint density at radius 3 is 2.88 bits per heavy atom. The van der Waals surface area contributed by atoms with Gasteiger partial charge in [-0.25, -0.2) is 4.98 Å². The Bertz CT molecular complexity index is 493. The first-order chi connectivity index (χ1) is 7.56. The van der Waals surface area contributed by atoms with Gasteiger partial charge in [-0.3, -0.25) is 4.90 Å². The summed E-state index contributed by atoms with van der Waals surface area (Å²) in [6.45, 7) is 5.32. The normalized spacial score (nSPS) is 11.9. The van der Waals surface area contributed by atoms with Gasteiger partial charge < -0.3 is 0 Å². The van der Waals surface area contributed by atoms with E-state index >= 15 is 0 Å². The first-order valence-corrected chi connectivity index (χ1v) is 6.92. The second-order valence-electron chi connectivity index (χ2n) is 4.23. The van der Waals surface area contributed by atoms with Gasteiger partial charge in [-0.15, -0.1) is 11.3 Å². The van der Waals surface area contributed by atoms with Crippen LogP contribution in [0.4, 0.5) is 0 Å². The molecule has 0 spiro atoms. The van der Waals surface area contributed by atoms with Gasteiger partial charge in [0.25, 0.3) is 0 Å². The van der Waals surface area contributed by atoms with Crippen molar-refractivity contribution in [2.24, 2.45) is 0 Å². The molecule has 0 N–H and O–H groups in total. The molecule has 0 unspecified atom stereocenters. The van der Waals surface area contributed by atoms with E-state index in [4.69, 9.17) is 0 Å². The number of fused-ring (bicyclic) bond motifs is 1. The molecule has 86 valence electrons. The van der Waals surface area contributed by atoms with Crippen LogP contribution in [0.3, 0.4) is 0 Å². The molecule has 1 aromatic carbocycles. The zero-order valence-electron chi connectivity index (χ0n) is 9.70. The minimum atomic E-state index is 0.554. The van der Waals surface area contributed by atoms with E-state index in [-0.39, 0.29) is 0 Å². The molecule has 0 aliphatic rings. The van der Waals surface area contributed by atoms with Crippen molar-refractivity contribution in [1.29, 1.82) is 0 Å². The van der Waals surface area contributed by atoms with E-state index in [1.165, 1.54) is 9.71 Å². The van der Waals surface area contributed by atoms with E-state index in [1.54, 1.807) is 11.3 Å². The Morgan fingerprint density at radius 2 is 2.19 bits per heavy atom. The van der Waals surface area contributed by atoms with Crippen LogP contribution < -0.4 is 0 Å². The van der Waals surface area contributed by atoms with Gasteiger partial charge in [-0.2, -0.15) is 0 Å². The van der Waals surface area contributed by atoms with Crippen LogP contribution in [0, 0.1) is 0 Å². The molecule has 0 aliphatic carbocycles. The van der Waals surface area contributed by atoms with Gasteiger partial charge in [0.05, 0.1) is 16.8 Å². The van der Waals surface area contributed by atoms with Gasteiger partial charge >= 0.3 is 0 Å². The van der Waals surface area contributed by atoms with Crippen LogP contribution in [0.15, 0.2) is 22.7 Å². The van der Waals surface area contributed by atoms with Gasteiger partial charge in [-0.05, 0) is 39.1 Å². The highest BCUT2D eigenvalue weighted by Gasteiger charge is 2.09. The summed E-state index contributed by atoms with van der Waals surface area (Å²) in [7, 11) is 2.13. The lowest BCUT2D eigenvalue weighted by molar-refractivity contribution is 0.265. The smallest absolute Gasteiger partial charge is 0.108 e. The quantitative estimate of drug-likeness (QED) is 0.854. The molecule has 0 bridgehead atoms. The van der Waals surface area contributed by atoms with Crippen LogP contribution in [0.2, 0.25) is 0 Å². The molecule has 0 saturated carbocycles. The lowest BCUT2D eigenvalue weighted by Gasteiger charge is -2.18. The third-order valence-electron chi connectivity index (χ3n) is 2.66. The number of rotatable bonds is 3. The van der Waals surface area contributed by atoms with Crippen LogP contribution in [0.5, 0.6) is 0 Å². The van der Waals surface area contributed by atoms with Crippen molar-refractivity contribution < 1.29 is 0 Å². The number of thiazole rings is 1. The average Bonchev–Trinajstić information content (AvgIpc) is 2.58. The van der Waals surface area contributed by atoms with Crippen LogP contribution >= 0.6 is 27.3 Å². The standard InChI is InChI=1S/C12H15BrN2S/c1-8(2)15(3)7-12-14-10-6-9(13)4-5-11(10)16-12/h4-6,8H,7H2,1-3H3. The van der Waals surface area contributed by atoms with Crippen LogP contribution in [-0.4, -0.2) is 23.0 Å². The van der Waals surface area contributed by atoms with Gasteiger partial charge in [0.2, 0.25) is 0 Å². The largest absolute Gasteiger partial charge is 0.297 e. The molecule has 0 fully saturated rings. The molecule has 0 atom stereocenters. The molecule has 2 nitrogen and oxygen atoms in total. The van der Waals surface area contributed by atoms with Crippen LogP contribution in [0.25, 0.3) is 10.2 Å². The van der Waals surface area contributed by atoms with Crippen molar-refractivity contribution in [3.05, 3.63) is 27.7 Å². The van der Waals surface area contributed by atoms with Gasteiger partial charge in [0, 0.05) is 10.5 Å². The summed E-state index contributed by atoms with van der Waals surface area (Å²) in [4.78, 5) is 6.94. The molecule has 0 amide bonds. The lowest BCUT2D eigenvalue weighted by Crippen LogP contribution is -2.25. The van der Waals surface area contributed by atoms with E-state index in [1.807, 2.05) is 0 Å². The fourth-order valence-corrected chi connectivity index (χ4v) is 2.77. The average molecular weight is 299 g/mol. The van der Waals surface area contributed by atoms with Crippen molar-refractivity contribution in [2.75, 3.05) is 7.05 Å². The van der Waals surface area contributed by atoms with E-state index in [2.05, 4.69) is 64.9 Å². The molecule has 1 aromatic heterocycles. The number of nitrogens with zero attached hydrogens (tertiary/aromatic N) is 2. The van der Waals surface area contributed by atoms with Crippen LogP contribution in [0.1, 0.15) is 18.9 Å².